The molecule has 5 saturated carbocycles. The van der Waals surface area contributed by atoms with Gasteiger partial charge in [-0.15, -0.1) is 0 Å². The average molecular weight is 402 g/mol. The highest BCUT2D eigenvalue weighted by molar-refractivity contribution is 5.84. The molecule has 1 heterocycles. The molecule has 0 aromatic carbocycles. The Morgan fingerprint density at radius 2 is 1.62 bits per heavy atom. The number of carbonyl (C=O) groups excluding carboxylic acids is 1. The lowest BCUT2D eigenvalue weighted by Crippen LogP contribution is -2.51. The number of aliphatic hydroxyl groups is 1. The number of rotatable bonds is 3. The molecule has 6 rings (SSSR count). The normalized spacial score (nSPS) is 54.1. The van der Waals surface area contributed by atoms with Gasteiger partial charge in [0, 0.05) is 19.0 Å². The van der Waals surface area contributed by atoms with Gasteiger partial charge >= 0.3 is 0 Å². The maximum Gasteiger partial charge on any atom is 0.150 e. The molecule has 0 radical (unpaired) electrons. The molecule has 0 bridgehead atoms. The summed E-state index contributed by atoms with van der Waals surface area (Å²) in [5.41, 5.74) is -0.0199. The lowest BCUT2D eigenvalue weighted by atomic mass is 9.49. The van der Waals surface area contributed by atoms with Crippen LogP contribution in [0.5, 0.6) is 0 Å². The third kappa shape index (κ3) is 2.91. The molecule has 0 aromatic heterocycles. The molecule has 0 spiro atoms. The van der Waals surface area contributed by atoms with Crippen molar-refractivity contribution in [1.82, 2.24) is 4.90 Å². The van der Waals surface area contributed by atoms with E-state index in [9.17, 15) is 9.90 Å². The van der Waals surface area contributed by atoms with Crippen LogP contribution in [0.1, 0.15) is 64.7 Å². The molecule has 0 amide bonds. The maximum absolute atomic E-state index is 13.3. The van der Waals surface area contributed by atoms with Gasteiger partial charge < -0.3 is 9.84 Å². The van der Waals surface area contributed by atoms with E-state index in [1.165, 1.54) is 38.5 Å². The number of nitrogens with zero attached hydrogens (tertiary/aromatic N) is 1. The number of ketones is 1. The largest absolute Gasteiger partial charge is 0.390 e. The Hall–Kier alpha value is -0.450. The lowest BCUT2D eigenvalue weighted by molar-refractivity contribution is -0.133. The van der Waals surface area contributed by atoms with Gasteiger partial charge in [0.1, 0.15) is 5.78 Å². The van der Waals surface area contributed by atoms with Crippen LogP contribution in [0, 0.1) is 46.8 Å². The highest BCUT2D eigenvalue weighted by Gasteiger charge is 2.65. The van der Waals surface area contributed by atoms with Crippen LogP contribution in [0.3, 0.4) is 0 Å². The van der Waals surface area contributed by atoms with Gasteiger partial charge in [0.25, 0.3) is 0 Å². The SMILES string of the molecule is C[C@]12CC[C@@H]3[C@H]4CC[C@]5(O)CC5[C@@H]4CC[C@H]3[C@@H]1CC[C@@H]2C(=O)CN1CCOCC1. The summed E-state index contributed by atoms with van der Waals surface area (Å²) in [7, 11) is 0. The Bertz CT molecular complexity index is 675. The molecule has 4 nitrogen and oxygen atoms in total. The van der Waals surface area contributed by atoms with Gasteiger partial charge in [-0.1, -0.05) is 6.92 Å². The molecular formula is C25H39NO3. The van der Waals surface area contributed by atoms with E-state index >= 15 is 0 Å². The van der Waals surface area contributed by atoms with Crippen LogP contribution >= 0.6 is 0 Å². The van der Waals surface area contributed by atoms with Gasteiger partial charge in [-0.3, -0.25) is 9.69 Å². The Kier molecular flexibility index (Phi) is 4.50. The van der Waals surface area contributed by atoms with Gasteiger partial charge in [-0.05, 0) is 98.7 Å². The van der Waals surface area contributed by atoms with Crippen molar-refractivity contribution in [2.45, 2.75) is 70.3 Å². The summed E-state index contributed by atoms with van der Waals surface area (Å²) in [6.07, 6.45) is 11.1. The fourth-order valence-corrected chi connectivity index (χ4v) is 9.30. The summed E-state index contributed by atoms with van der Waals surface area (Å²) < 4.78 is 5.46. The average Bonchev–Trinajstić information content (AvgIpc) is 3.29. The molecule has 162 valence electrons. The van der Waals surface area contributed by atoms with Crippen molar-refractivity contribution in [1.29, 1.82) is 0 Å². The van der Waals surface area contributed by atoms with Gasteiger partial charge in [-0.25, -0.2) is 0 Å². The summed E-state index contributed by atoms with van der Waals surface area (Å²) in [6.45, 7) is 6.52. The van der Waals surface area contributed by atoms with E-state index in [-0.39, 0.29) is 16.9 Å². The second kappa shape index (κ2) is 6.77. The minimum Gasteiger partial charge on any atom is -0.390 e. The lowest BCUT2D eigenvalue weighted by Gasteiger charge is -2.56. The maximum atomic E-state index is 13.3. The van der Waals surface area contributed by atoms with Gasteiger partial charge in [0.2, 0.25) is 0 Å². The molecule has 29 heavy (non-hydrogen) atoms. The number of ether oxygens (including phenoxy) is 1. The first kappa shape index (κ1) is 19.3. The van der Waals surface area contributed by atoms with Crippen LogP contribution in [0.2, 0.25) is 0 Å². The highest BCUT2D eigenvalue weighted by Crippen LogP contribution is 2.68. The molecular weight excluding hydrogens is 362 g/mol. The van der Waals surface area contributed by atoms with Crippen LogP contribution in [0.25, 0.3) is 0 Å². The highest BCUT2D eigenvalue weighted by atomic mass is 16.5. The van der Waals surface area contributed by atoms with Gasteiger partial charge in [0.15, 0.2) is 0 Å². The van der Waals surface area contributed by atoms with Crippen LogP contribution in [-0.4, -0.2) is 54.2 Å². The Balaban J connectivity index is 1.16. The molecule has 1 aliphatic heterocycles. The number of fused-ring (bicyclic) bond motifs is 7. The second-order valence-corrected chi connectivity index (χ2v) is 11.8. The van der Waals surface area contributed by atoms with Crippen LogP contribution in [0.15, 0.2) is 0 Å². The number of hydrogen-bond donors (Lipinski definition) is 1. The molecule has 4 heteroatoms. The van der Waals surface area contributed by atoms with E-state index in [0.717, 1.165) is 75.2 Å². The molecule has 1 saturated heterocycles. The van der Waals surface area contributed by atoms with E-state index in [2.05, 4.69) is 11.8 Å². The van der Waals surface area contributed by atoms with E-state index in [4.69, 9.17) is 4.74 Å². The number of carbonyl (C=O) groups is 1. The first-order chi connectivity index (χ1) is 14.0. The van der Waals surface area contributed by atoms with Crippen molar-refractivity contribution in [3.8, 4) is 0 Å². The van der Waals surface area contributed by atoms with Crippen molar-refractivity contribution < 1.29 is 14.6 Å². The van der Waals surface area contributed by atoms with E-state index in [0.29, 0.717) is 18.2 Å². The summed E-state index contributed by atoms with van der Waals surface area (Å²) in [5.74, 6) is 5.60. The number of hydrogen-bond acceptors (Lipinski definition) is 4. The fraction of sp³-hybridized carbons (Fsp3) is 0.960. The standard InChI is InChI=1S/C25H39NO3/c1-24-8-6-16-17-7-9-25(28)14-22(25)19(17)3-2-18(16)20(24)4-5-21(24)23(27)15-26-10-12-29-13-11-26/h16-22,28H,2-15H2,1H3/t16-,17-,18-,19-,20+,21-,22?,24+,25+/m1/s1. The summed E-state index contributed by atoms with van der Waals surface area (Å²) in [6, 6.07) is 0. The minimum absolute atomic E-state index is 0.242. The van der Waals surface area contributed by atoms with Crippen molar-refractivity contribution >= 4 is 5.78 Å². The molecule has 1 N–H and O–H groups in total. The zero-order valence-corrected chi connectivity index (χ0v) is 18.2. The smallest absolute Gasteiger partial charge is 0.150 e. The zero-order chi connectivity index (χ0) is 19.8. The number of Topliss-reactive ketones (excluding diaryl/α,β-unsaturated/α-hetero) is 1. The summed E-state index contributed by atoms with van der Waals surface area (Å²) in [4.78, 5) is 15.7. The minimum atomic E-state index is -0.262. The van der Waals surface area contributed by atoms with Crippen molar-refractivity contribution in [2.75, 3.05) is 32.8 Å². The summed E-state index contributed by atoms with van der Waals surface area (Å²) in [5, 5.41) is 10.7. The van der Waals surface area contributed by atoms with Gasteiger partial charge in [-0.2, -0.15) is 0 Å². The van der Waals surface area contributed by atoms with Crippen LogP contribution in [-0.2, 0) is 9.53 Å². The molecule has 1 unspecified atom stereocenters. The summed E-state index contributed by atoms with van der Waals surface area (Å²) >= 11 is 0. The number of morpholine rings is 1. The first-order valence-corrected chi connectivity index (χ1v) is 12.5. The van der Waals surface area contributed by atoms with E-state index in [1.807, 2.05) is 0 Å². The predicted octanol–water partition coefficient (Wildman–Crippen LogP) is 3.52. The molecule has 0 aromatic rings. The van der Waals surface area contributed by atoms with E-state index < -0.39 is 0 Å². The molecule has 5 aliphatic carbocycles. The third-order valence-corrected chi connectivity index (χ3v) is 10.8. The topological polar surface area (TPSA) is 49.8 Å². The first-order valence-electron chi connectivity index (χ1n) is 12.5. The molecule has 6 aliphatic rings. The quantitative estimate of drug-likeness (QED) is 0.786. The van der Waals surface area contributed by atoms with Crippen LogP contribution in [0.4, 0.5) is 0 Å². The monoisotopic (exact) mass is 401 g/mol. The molecule has 9 atom stereocenters. The van der Waals surface area contributed by atoms with Crippen molar-refractivity contribution in [3.63, 3.8) is 0 Å². The Morgan fingerprint density at radius 1 is 0.931 bits per heavy atom. The third-order valence-electron chi connectivity index (χ3n) is 10.8. The van der Waals surface area contributed by atoms with Crippen molar-refractivity contribution in [3.05, 3.63) is 0 Å². The van der Waals surface area contributed by atoms with Gasteiger partial charge in [0.05, 0.1) is 25.4 Å². The second-order valence-electron chi connectivity index (χ2n) is 11.8. The zero-order valence-electron chi connectivity index (χ0n) is 18.2. The van der Waals surface area contributed by atoms with E-state index in [1.54, 1.807) is 0 Å². The fourth-order valence-electron chi connectivity index (χ4n) is 9.30. The van der Waals surface area contributed by atoms with Crippen molar-refractivity contribution in [2.24, 2.45) is 46.8 Å². The molecule has 6 fully saturated rings. The van der Waals surface area contributed by atoms with Crippen LogP contribution < -0.4 is 0 Å². The Labute approximate surface area is 175 Å². The predicted molar refractivity (Wildman–Crippen MR) is 111 cm³/mol. The Morgan fingerprint density at radius 3 is 2.38 bits per heavy atom.